The van der Waals surface area contributed by atoms with E-state index in [4.69, 9.17) is 0 Å². The quantitative estimate of drug-likeness (QED) is 0.513. The number of aliphatic hydroxyl groups is 1. The number of aromatic nitrogens is 4. The molecule has 0 fully saturated rings. The zero-order chi connectivity index (χ0) is 17.9. The van der Waals surface area contributed by atoms with E-state index in [1.54, 1.807) is 19.3 Å². The molecule has 3 N–H and O–H groups in total. The standard InChI is InChI=1S/C20H19N5O/c1-13(26)17-3-2-4-18(24-17)16-11-19(25-20-15(16)7-10-22-20)23-12-14-5-8-21-9-6-14/h2-11,13,26H,12H2,1H3,(H2,22,23,25). The lowest BCUT2D eigenvalue weighted by Crippen LogP contribution is -2.02. The van der Waals surface area contributed by atoms with Gasteiger partial charge in [-0.05, 0) is 48.9 Å². The first kappa shape index (κ1) is 16.2. The van der Waals surface area contributed by atoms with Gasteiger partial charge in [-0.1, -0.05) is 6.07 Å². The molecule has 26 heavy (non-hydrogen) atoms. The lowest BCUT2D eigenvalue weighted by Gasteiger charge is -2.11. The molecule has 1 unspecified atom stereocenters. The maximum absolute atomic E-state index is 9.83. The number of rotatable bonds is 5. The normalized spacial score (nSPS) is 12.2. The van der Waals surface area contributed by atoms with Crippen LogP contribution in [0, 0.1) is 0 Å². The van der Waals surface area contributed by atoms with Crippen LogP contribution in [0.25, 0.3) is 22.3 Å². The molecule has 0 saturated carbocycles. The number of nitrogens with one attached hydrogen (secondary N) is 2. The molecule has 4 aromatic rings. The van der Waals surface area contributed by atoms with E-state index in [-0.39, 0.29) is 0 Å². The highest BCUT2D eigenvalue weighted by atomic mass is 16.3. The summed E-state index contributed by atoms with van der Waals surface area (Å²) in [4.78, 5) is 16.4. The Morgan fingerprint density at radius 1 is 1.12 bits per heavy atom. The Balaban J connectivity index is 1.72. The number of pyridine rings is 3. The monoisotopic (exact) mass is 345 g/mol. The van der Waals surface area contributed by atoms with Crippen LogP contribution in [0.5, 0.6) is 0 Å². The van der Waals surface area contributed by atoms with Crippen molar-refractivity contribution in [1.29, 1.82) is 0 Å². The summed E-state index contributed by atoms with van der Waals surface area (Å²) in [5, 5.41) is 14.2. The summed E-state index contributed by atoms with van der Waals surface area (Å²) in [5.74, 6) is 0.760. The summed E-state index contributed by atoms with van der Waals surface area (Å²) >= 11 is 0. The predicted molar refractivity (Wildman–Crippen MR) is 102 cm³/mol. The van der Waals surface area contributed by atoms with E-state index in [1.165, 1.54) is 0 Å². The fourth-order valence-electron chi connectivity index (χ4n) is 2.87. The first-order chi connectivity index (χ1) is 12.7. The van der Waals surface area contributed by atoms with Gasteiger partial charge >= 0.3 is 0 Å². The van der Waals surface area contributed by atoms with Crippen molar-refractivity contribution in [2.45, 2.75) is 19.6 Å². The average Bonchev–Trinajstić information content (AvgIpc) is 3.15. The topological polar surface area (TPSA) is 86.7 Å². The molecule has 0 aliphatic rings. The van der Waals surface area contributed by atoms with E-state index in [2.05, 4.69) is 25.3 Å². The SMILES string of the molecule is CC(O)c1cccc(-c2cc(NCc3ccncc3)nc3[nH]ccc23)n1. The van der Waals surface area contributed by atoms with Crippen LogP contribution in [0.3, 0.4) is 0 Å². The molecule has 0 amide bonds. The number of fused-ring (bicyclic) bond motifs is 1. The molecule has 0 aliphatic heterocycles. The maximum Gasteiger partial charge on any atom is 0.140 e. The Morgan fingerprint density at radius 3 is 2.77 bits per heavy atom. The molecular formula is C20H19N5O. The second-order valence-electron chi connectivity index (χ2n) is 6.13. The van der Waals surface area contributed by atoms with E-state index in [1.807, 2.05) is 48.7 Å². The highest BCUT2D eigenvalue weighted by molar-refractivity contribution is 5.93. The van der Waals surface area contributed by atoms with E-state index in [0.717, 1.165) is 33.7 Å². The van der Waals surface area contributed by atoms with E-state index >= 15 is 0 Å². The van der Waals surface area contributed by atoms with Gasteiger partial charge in [-0.2, -0.15) is 0 Å². The third-order valence-electron chi connectivity index (χ3n) is 4.23. The van der Waals surface area contributed by atoms with Gasteiger partial charge in [0.05, 0.1) is 17.5 Å². The molecule has 0 spiro atoms. The Bertz CT molecular complexity index is 1030. The minimum Gasteiger partial charge on any atom is -0.387 e. The van der Waals surface area contributed by atoms with Crippen molar-refractivity contribution in [1.82, 2.24) is 19.9 Å². The Labute approximate surface area is 151 Å². The summed E-state index contributed by atoms with van der Waals surface area (Å²) in [6.07, 6.45) is 4.81. The van der Waals surface area contributed by atoms with Crippen LogP contribution in [0.2, 0.25) is 0 Å². The second-order valence-corrected chi connectivity index (χ2v) is 6.13. The molecule has 4 heterocycles. The van der Waals surface area contributed by atoms with Crippen molar-refractivity contribution in [2.24, 2.45) is 0 Å². The smallest absolute Gasteiger partial charge is 0.140 e. The molecule has 1 atom stereocenters. The number of nitrogens with zero attached hydrogens (tertiary/aromatic N) is 3. The number of aliphatic hydroxyl groups excluding tert-OH is 1. The van der Waals surface area contributed by atoms with Crippen molar-refractivity contribution < 1.29 is 5.11 Å². The van der Waals surface area contributed by atoms with Crippen LogP contribution in [0.4, 0.5) is 5.82 Å². The molecular weight excluding hydrogens is 326 g/mol. The van der Waals surface area contributed by atoms with Gasteiger partial charge in [-0.15, -0.1) is 0 Å². The molecule has 4 aromatic heterocycles. The Hall–Kier alpha value is -3.25. The molecule has 0 aromatic carbocycles. The van der Waals surface area contributed by atoms with Crippen molar-refractivity contribution in [3.05, 3.63) is 72.3 Å². The van der Waals surface area contributed by atoms with Gasteiger partial charge in [0.1, 0.15) is 11.5 Å². The van der Waals surface area contributed by atoms with E-state index < -0.39 is 6.10 Å². The van der Waals surface area contributed by atoms with Crippen LogP contribution in [-0.2, 0) is 6.54 Å². The first-order valence-corrected chi connectivity index (χ1v) is 8.47. The van der Waals surface area contributed by atoms with Crippen molar-refractivity contribution in [3.8, 4) is 11.3 Å². The zero-order valence-electron chi connectivity index (χ0n) is 14.3. The van der Waals surface area contributed by atoms with Crippen LogP contribution >= 0.6 is 0 Å². The Kier molecular flexibility index (Phi) is 4.33. The van der Waals surface area contributed by atoms with Gasteiger partial charge in [0, 0.05) is 36.1 Å². The summed E-state index contributed by atoms with van der Waals surface area (Å²) in [5.41, 5.74) is 4.35. The molecule has 6 nitrogen and oxygen atoms in total. The molecule has 130 valence electrons. The minimum absolute atomic E-state index is 0.609. The zero-order valence-corrected chi connectivity index (χ0v) is 14.3. The fraction of sp³-hybridized carbons (Fsp3) is 0.150. The third kappa shape index (κ3) is 3.27. The largest absolute Gasteiger partial charge is 0.387 e. The lowest BCUT2D eigenvalue weighted by molar-refractivity contribution is 0.194. The molecule has 4 rings (SSSR count). The minimum atomic E-state index is -0.609. The van der Waals surface area contributed by atoms with Gasteiger partial charge in [0.2, 0.25) is 0 Å². The third-order valence-corrected chi connectivity index (χ3v) is 4.23. The summed E-state index contributed by atoms with van der Waals surface area (Å²) in [7, 11) is 0. The number of hydrogen-bond donors (Lipinski definition) is 3. The van der Waals surface area contributed by atoms with Crippen molar-refractivity contribution >= 4 is 16.9 Å². The van der Waals surface area contributed by atoms with Crippen LogP contribution in [0.1, 0.15) is 24.3 Å². The van der Waals surface area contributed by atoms with Gasteiger partial charge in [-0.3, -0.25) is 9.97 Å². The van der Waals surface area contributed by atoms with Gasteiger partial charge in [-0.25, -0.2) is 4.98 Å². The second kappa shape index (κ2) is 6.93. The van der Waals surface area contributed by atoms with Crippen molar-refractivity contribution in [2.75, 3.05) is 5.32 Å². The Morgan fingerprint density at radius 2 is 1.96 bits per heavy atom. The summed E-state index contributed by atoms with van der Waals surface area (Å²) < 4.78 is 0. The fourth-order valence-corrected chi connectivity index (χ4v) is 2.87. The number of aromatic amines is 1. The van der Waals surface area contributed by atoms with Gasteiger partial charge < -0.3 is 15.4 Å². The molecule has 0 bridgehead atoms. The number of hydrogen-bond acceptors (Lipinski definition) is 5. The van der Waals surface area contributed by atoms with Crippen LogP contribution in [0.15, 0.2) is 61.1 Å². The summed E-state index contributed by atoms with van der Waals surface area (Å²) in [6.45, 7) is 2.37. The lowest BCUT2D eigenvalue weighted by atomic mass is 10.1. The number of anilines is 1. The van der Waals surface area contributed by atoms with Crippen molar-refractivity contribution in [3.63, 3.8) is 0 Å². The number of H-pyrrole nitrogens is 1. The van der Waals surface area contributed by atoms with E-state index in [0.29, 0.717) is 12.2 Å². The van der Waals surface area contributed by atoms with E-state index in [9.17, 15) is 5.11 Å². The summed E-state index contributed by atoms with van der Waals surface area (Å²) in [6, 6.07) is 13.6. The first-order valence-electron chi connectivity index (χ1n) is 8.47. The molecule has 0 radical (unpaired) electrons. The van der Waals surface area contributed by atoms with Crippen LogP contribution < -0.4 is 5.32 Å². The average molecular weight is 345 g/mol. The molecule has 0 aliphatic carbocycles. The predicted octanol–water partition coefficient (Wildman–Crippen LogP) is 3.69. The molecule has 0 saturated heterocycles. The van der Waals surface area contributed by atoms with Gasteiger partial charge in [0.25, 0.3) is 0 Å². The van der Waals surface area contributed by atoms with Crippen LogP contribution in [-0.4, -0.2) is 25.0 Å². The maximum atomic E-state index is 9.83. The molecule has 6 heteroatoms. The highest BCUT2D eigenvalue weighted by Crippen LogP contribution is 2.29. The highest BCUT2D eigenvalue weighted by Gasteiger charge is 2.12. The van der Waals surface area contributed by atoms with Gasteiger partial charge in [0.15, 0.2) is 0 Å².